The number of carbonyl (C=O) groups is 1. The van der Waals surface area contributed by atoms with Crippen molar-refractivity contribution in [2.75, 3.05) is 0 Å². The van der Waals surface area contributed by atoms with E-state index in [1.165, 1.54) is 16.7 Å². The lowest BCUT2D eigenvalue weighted by Crippen LogP contribution is -2.25. The predicted octanol–water partition coefficient (Wildman–Crippen LogP) is 4.31. The number of amides is 1. The fraction of sp³-hybridized carbons (Fsp3) is 0.250. The summed E-state index contributed by atoms with van der Waals surface area (Å²) in [5.74, 6) is 0.860. The number of rotatable bonds is 7. The van der Waals surface area contributed by atoms with Crippen LogP contribution in [0.3, 0.4) is 0 Å². The molecular weight excluding hydrogens is 362 g/mol. The van der Waals surface area contributed by atoms with E-state index in [-0.39, 0.29) is 5.91 Å². The minimum atomic E-state index is -0.0352. The van der Waals surface area contributed by atoms with E-state index in [1.54, 1.807) is 29.3 Å². The first-order valence-electron chi connectivity index (χ1n) is 8.40. The molecule has 0 atom stereocenters. The van der Waals surface area contributed by atoms with Crippen LogP contribution in [0, 0.1) is 13.8 Å². The van der Waals surface area contributed by atoms with Gasteiger partial charge in [-0.1, -0.05) is 41.6 Å². The van der Waals surface area contributed by atoms with Crippen molar-refractivity contribution in [3.8, 4) is 0 Å². The van der Waals surface area contributed by atoms with E-state index >= 15 is 0 Å². The lowest BCUT2D eigenvalue weighted by Gasteiger charge is -2.05. The second kappa shape index (κ2) is 8.96. The van der Waals surface area contributed by atoms with E-state index in [9.17, 15) is 4.79 Å². The average Bonchev–Trinajstić information content (AvgIpc) is 3.09. The number of thioether (sulfide) groups is 1. The Bertz CT molecular complexity index is 878. The summed E-state index contributed by atoms with van der Waals surface area (Å²) in [6, 6.07) is 12.2. The summed E-state index contributed by atoms with van der Waals surface area (Å²) in [4.78, 5) is 20.8. The Morgan fingerprint density at radius 1 is 1.19 bits per heavy atom. The molecule has 4 nitrogen and oxygen atoms in total. The second-order valence-electron chi connectivity index (χ2n) is 6.10. The van der Waals surface area contributed by atoms with Gasteiger partial charge in [0.1, 0.15) is 4.34 Å². The zero-order chi connectivity index (χ0) is 18.4. The van der Waals surface area contributed by atoms with Crippen molar-refractivity contribution in [3.05, 3.63) is 76.1 Å². The molecule has 3 rings (SSSR count). The SMILES string of the molecule is Cc1ccc(C)c(CSc2nc(CC(=O)NCc3ccccn3)cs2)c1. The molecule has 26 heavy (non-hydrogen) atoms. The van der Waals surface area contributed by atoms with Gasteiger partial charge in [0.15, 0.2) is 0 Å². The number of hydrogen-bond donors (Lipinski definition) is 1. The Morgan fingerprint density at radius 2 is 2.08 bits per heavy atom. The van der Waals surface area contributed by atoms with Crippen LogP contribution >= 0.6 is 23.1 Å². The highest BCUT2D eigenvalue weighted by Gasteiger charge is 2.09. The van der Waals surface area contributed by atoms with Crippen molar-refractivity contribution in [1.82, 2.24) is 15.3 Å². The number of pyridine rings is 1. The summed E-state index contributed by atoms with van der Waals surface area (Å²) < 4.78 is 0.999. The fourth-order valence-corrected chi connectivity index (χ4v) is 4.36. The van der Waals surface area contributed by atoms with Crippen LogP contribution in [0.4, 0.5) is 0 Å². The van der Waals surface area contributed by atoms with E-state index in [0.29, 0.717) is 13.0 Å². The molecule has 0 fully saturated rings. The minimum Gasteiger partial charge on any atom is -0.350 e. The summed E-state index contributed by atoms with van der Waals surface area (Å²) >= 11 is 3.32. The lowest BCUT2D eigenvalue weighted by molar-refractivity contribution is -0.120. The molecule has 0 spiro atoms. The Morgan fingerprint density at radius 3 is 2.88 bits per heavy atom. The first kappa shape index (κ1) is 18.6. The molecule has 6 heteroatoms. The van der Waals surface area contributed by atoms with Gasteiger partial charge in [0.2, 0.25) is 5.91 Å². The van der Waals surface area contributed by atoms with Gasteiger partial charge >= 0.3 is 0 Å². The van der Waals surface area contributed by atoms with Gasteiger partial charge in [0.05, 0.1) is 24.4 Å². The zero-order valence-electron chi connectivity index (χ0n) is 14.9. The third-order valence-electron chi connectivity index (χ3n) is 3.92. The molecule has 1 N–H and O–H groups in total. The molecule has 0 aliphatic rings. The highest BCUT2D eigenvalue weighted by Crippen LogP contribution is 2.27. The topological polar surface area (TPSA) is 54.9 Å². The van der Waals surface area contributed by atoms with Crippen molar-refractivity contribution < 1.29 is 4.79 Å². The minimum absolute atomic E-state index is 0.0352. The first-order chi connectivity index (χ1) is 12.6. The van der Waals surface area contributed by atoms with Gasteiger partial charge in [-0.3, -0.25) is 9.78 Å². The molecule has 0 saturated heterocycles. The molecule has 1 aromatic carbocycles. The van der Waals surface area contributed by atoms with Gasteiger partial charge in [-0.25, -0.2) is 4.98 Å². The number of nitrogens with zero attached hydrogens (tertiary/aromatic N) is 2. The number of benzene rings is 1. The number of thiazole rings is 1. The van der Waals surface area contributed by atoms with Gasteiger partial charge < -0.3 is 5.32 Å². The largest absolute Gasteiger partial charge is 0.350 e. The summed E-state index contributed by atoms with van der Waals surface area (Å²) in [6.45, 7) is 4.69. The van der Waals surface area contributed by atoms with E-state index in [1.807, 2.05) is 23.6 Å². The van der Waals surface area contributed by atoms with Crippen LogP contribution < -0.4 is 5.32 Å². The Balaban J connectivity index is 1.49. The Kier molecular flexibility index (Phi) is 6.41. The van der Waals surface area contributed by atoms with E-state index in [4.69, 9.17) is 0 Å². The van der Waals surface area contributed by atoms with Crippen LogP contribution in [0.1, 0.15) is 28.1 Å². The quantitative estimate of drug-likeness (QED) is 0.618. The fourth-order valence-electron chi connectivity index (χ4n) is 2.45. The summed E-state index contributed by atoms with van der Waals surface area (Å²) in [5, 5.41) is 4.85. The number of aryl methyl sites for hydroxylation is 2. The number of carbonyl (C=O) groups excluding carboxylic acids is 1. The van der Waals surface area contributed by atoms with Crippen LogP contribution in [0.5, 0.6) is 0 Å². The van der Waals surface area contributed by atoms with Crippen LogP contribution in [0.25, 0.3) is 0 Å². The molecule has 0 aliphatic heterocycles. The van der Waals surface area contributed by atoms with Gasteiger partial charge in [-0.15, -0.1) is 11.3 Å². The molecule has 0 bridgehead atoms. The average molecular weight is 384 g/mol. The molecule has 1 amide bonds. The van der Waals surface area contributed by atoms with Gasteiger partial charge in [0.25, 0.3) is 0 Å². The molecule has 0 radical (unpaired) electrons. The zero-order valence-corrected chi connectivity index (χ0v) is 16.5. The third kappa shape index (κ3) is 5.41. The van der Waals surface area contributed by atoms with Crippen molar-refractivity contribution in [1.29, 1.82) is 0 Å². The van der Waals surface area contributed by atoms with Crippen LogP contribution in [0.15, 0.2) is 52.3 Å². The maximum atomic E-state index is 12.1. The number of hydrogen-bond acceptors (Lipinski definition) is 5. The van der Waals surface area contributed by atoms with Gasteiger partial charge in [-0.2, -0.15) is 0 Å². The third-order valence-corrected chi connectivity index (χ3v) is 6.04. The van der Waals surface area contributed by atoms with E-state index < -0.39 is 0 Å². The van der Waals surface area contributed by atoms with Crippen LogP contribution in [-0.2, 0) is 23.5 Å². The predicted molar refractivity (Wildman–Crippen MR) is 107 cm³/mol. The maximum Gasteiger partial charge on any atom is 0.226 e. The van der Waals surface area contributed by atoms with E-state index in [0.717, 1.165) is 21.5 Å². The standard InChI is InChI=1S/C20H21N3OS2/c1-14-6-7-15(2)16(9-14)12-25-20-23-18(13-26-20)10-19(24)22-11-17-5-3-4-8-21-17/h3-9,13H,10-12H2,1-2H3,(H,22,24). The van der Waals surface area contributed by atoms with Crippen LogP contribution in [0.2, 0.25) is 0 Å². The number of nitrogens with one attached hydrogen (secondary N) is 1. The van der Waals surface area contributed by atoms with Crippen LogP contribution in [-0.4, -0.2) is 15.9 Å². The van der Waals surface area contributed by atoms with Crippen molar-refractivity contribution in [2.45, 2.75) is 36.9 Å². The molecule has 0 saturated carbocycles. The normalized spacial score (nSPS) is 10.7. The highest BCUT2D eigenvalue weighted by molar-refractivity contribution is 8.00. The maximum absolute atomic E-state index is 12.1. The molecule has 134 valence electrons. The summed E-state index contributed by atoms with van der Waals surface area (Å²) in [6.07, 6.45) is 2.02. The Labute approximate surface area is 162 Å². The smallest absolute Gasteiger partial charge is 0.226 e. The summed E-state index contributed by atoms with van der Waals surface area (Å²) in [5.41, 5.74) is 5.57. The lowest BCUT2D eigenvalue weighted by atomic mass is 10.1. The highest BCUT2D eigenvalue weighted by atomic mass is 32.2. The molecule has 0 unspecified atom stereocenters. The molecule has 2 aromatic heterocycles. The molecule has 2 heterocycles. The van der Waals surface area contributed by atoms with E-state index in [2.05, 4.69) is 47.3 Å². The van der Waals surface area contributed by atoms with Crippen molar-refractivity contribution in [2.24, 2.45) is 0 Å². The molecular formula is C20H21N3OS2. The summed E-state index contributed by atoms with van der Waals surface area (Å²) in [7, 11) is 0. The first-order valence-corrected chi connectivity index (χ1v) is 10.3. The molecule has 0 aliphatic carbocycles. The van der Waals surface area contributed by atoms with Crippen molar-refractivity contribution in [3.63, 3.8) is 0 Å². The second-order valence-corrected chi connectivity index (χ2v) is 8.18. The van der Waals surface area contributed by atoms with Gasteiger partial charge in [0, 0.05) is 17.3 Å². The van der Waals surface area contributed by atoms with Crippen molar-refractivity contribution >= 4 is 29.0 Å². The Hall–Kier alpha value is -2.18. The monoisotopic (exact) mass is 383 g/mol. The molecule has 3 aromatic rings. The number of aromatic nitrogens is 2. The van der Waals surface area contributed by atoms with Gasteiger partial charge in [-0.05, 0) is 37.1 Å².